The Bertz CT molecular complexity index is 776. The molecule has 0 aromatic heterocycles. The summed E-state index contributed by atoms with van der Waals surface area (Å²) in [5.74, 6) is -0.169. The molecular weight excluding hydrogens is 418 g/mol. The molecule has 4 atom stereocenters. The van der Waals surface area contributed by atoms with Gasteiger partial charge in [-0.25, -0.2) is 5.43 Å². The molecule has 0 saturated carbocycles. The first-order chi connectivity index (χ1) is 16.2. The number of carbonyl (C=O) groups excluding carboxylic acids is 1. The minimum Gasteiger partial charge on any atom is -0.381 e. The number of methoxy groups -OCH3 is 1. The number of hydrogen-bond donors (Lipinski definition) is 5. The highest BCUT2D eigenvalue weighted by Crippen LogP contribution is 2.26. The number of piperidine rings is 1. The number of benzene rings is 1. The number of amides is 1. The van der Waals surface area contributed by atoms with E-state index in [1.807, 2.05) is 0 Å². The Hall–Kier alpha value is -1.91. The molecule has 4 saturated heterocycles. The Morgan fingerprint density at radius 1 is 0.970 bits per heavy atom. The summed E-state index contributed by atoms with van der Waals surface area (Å²) >= 11 is 0. The van der Waals surface area contributed by atoms with Crippen LogP contribution in [0.2, 0.25) is 0 Å². The van der Waals surface area contributed by atoms with Gasteiger partial charge in [0.15, 0.2) is 0 Å². The van der Waals surface area contributed by atoms with Crippen molar-refractivity contribution in [2.45, 2.75) is 63.1 Å². The van der Waals surface area contributed by atoms with Crippen molar-refractivity contribution in [2.75, 3.05) is 50.1 Å². The molecule has 1 amide bonds. The first-order valence-corrected chi connectivity index (χ1v) is 12.6. The molecule has 4 heterocycles. The number of anilines is 2. The number of carbonyl (C=O) groups is 1. The molecule has 9 nitrogen and oxygen atoms in total. The highest BCUT2D eigenvalue weighted by Gasteiger charge is 2.44. The van der Waals surface area contributed by atoms with E-state index in [0.717, 1.165) is 51.3 Å². The Balaban J connectivity index is 1.27. The van der Waals surface area contributed by atoms with Gasteiger partial charge in [-0.1, -0.05) is 12.8 Å². The Kier molecular flexibility index (Phi) is 7.32. The summed E-state index contributed by atoms with van der Waals surface area (Å²) in [5, 5.41) is 11.0. The second kappa shape index (κ2) is 10.6. The van der Waals surface area contributed by atoms with Crippen LogP contribution in [0.4, 0.5) is 11.4 Å². The van der Waals surface area contributed by atoms with Crippen LogP contribution in [0, 0.1) is 5.92 Å². The van der Waals surface area contributed by atoms with Crippen LogP contribution in [0.5, 0.6) is 0 Å². The van der Waals surface area contributed by atoms with E-state index in [4.69, 9.17) is 4.74 Å². The van der Waals surface area contributed by atoms with Gasteiger partial charge in [-0.2, -0.15) is 0 Å². The predicted molar refractivity (Wildman–Crippen MR) is 130 cm³/mol. The third-order valence-electron chi connectivity index (χ3n) is 7.67. The lowest BCUT2D eigenvalue weighted by Gasteiger charge is -2.48. The minimum absolute atomic E-state index is 0.0238. The molecule has 9 heteroatoms. The van der Waals surface area contributed by atoms with Crippen molar-refractivity contribution < 1.29 is 9.53 Å². The Morgan fingerprint density at radius 3 is 2.39 bits per heavy atom. The van der Waals surface area contributed by atoms with Crippen LogP contribution in [-0.4, -0.2) is 75.2 Å². The standard InChI is InChI=1S/C24H39N7O2/c1-33-19-10-14-30(15-11-19)18-8-6-17(7-9-18)26-22-21-20(16-25-29-23(21)32)27-24(28-22)31-12-4-2-3-5-13-31/h6-9,19-22,24-28H,2-5,10-16H2,1H3,(H,29,32). The topological polar surface area (TPSA) is 92.9 Å². The molecule has 5 rings (SSSR count). The zero-order valence-electron chi connectivity index (χ0n) is 19.7. The quantitative estimate of drug-likeness (QED) is 0.448. The smallest absolute Gasteiger partial charge is 0.242 e. The van der Waals surface area contributed by atoms with Crippen LogP contribution in [0.25, 0.3) is 0 Å². The zero-order chi connectivity index (χ0) is 22.6. The first-order valence-electron chi connectivity index (χ1n) is 12.6. The summed E-state index contributed by atoms with van der Waals surface area (Å²) in [4.78, 5) is 17.7. The van der Waals surface area contributed by atoms with E-state index in [2.05, 4.69) is 60.9 Å². The summed E-state index contributed by atoms with van der Waals surface area (Å²) in [5.41, 5.74) is 8.15. The minimum atomic E-state index is -0.192. The molecule has 0 spiro atoms. The van der Waals surface area contributed by atoms with Crippen molar-refractivity contribution in [3.05, 3.63) is 24.3 Å². The van der Waals surface area contributed by atoms with Gasteiger partial charge in [0.2, 0.25) is 5.91 Å². The fourth-order valence-corrected chi connectivity index (χ4v) is 5.71. The van der Waals surface area contributed by atoms with Crippen LogP contribution in [0.15, 0.2) is 24.3 Å². The number of ether oxygens (including phenoxy) is 1. The molecule has 0 aliphatic carbocycles. The molecule has 5 N–H and O–H groups in total. The largest absolute Gasteiger partial charge is 0.381 e. The van der Waals surface area contributed by atoms with Crippen molar-refractivity contribution in [1.82, 2.24) is 26.4 Å². The maximum absolute atomic E-state index is 12.8. The fraction of sp³-hybridized carbons (Fsp3) is 0.708. The normalized spacial score (nSPS) is 32.0. The van der Waals surface area contributed by atoms with E-state index in [1.165, 1.54) is 31.4 Å². The van der Waals surface area contributed by atoms with Gasteiger partial charge in [0.1, 0.15) is 6.29 Å². The lowest BCUT2D eigenvalue weighted by atomic mass is 9.91. The van der Waals surface area contributed by atoms with E-state index >= 15 is 0 Å². The zero-order valence-corrected chi connectivity index (χ0v) is 19.7. The van der Waals surface area contributed by atoms with Gasteiger partial charge < -0.3 is 15.0 Å². The average molecular weight is 458 g/mol. The van der Waals surface area contributed by atoms with Crippen molar-refractivity contribution in [3.63, 3.8) is 0 Å². The first kappa shape index (κ1) is 22.9. The number of fused-ring (bicyclic) bond motifs is 1. The van der Waals surface area contributed by atoms with E-state index in [1.54, 1.807) is 7.11 Å². The molecule has 4 aliphatic rings. The maximum atomic E-state index is 12.8. The fourth-order valence-electron chi connectivity index (χ4n) is 5.71. The molecule has 0 radical (unpaired) electrons. The van der Waals surface area contributed by atoms with Gasteiger partial charge in [-0.15, -0.1) is 0 Å². The van der Waals surface area contributed by atoms with Gasteiger partial charge in [-0.05, 0) is 49.9 Å². The van der Waals surface area contributed by atoms with Crippen LogP contribution in [0.1, 0.15) is 38.5 Å². The molecule has 1 aromatic carbocycles. The molecule has 4 fully saturated rings. The summed E-state index contributed by atoms with van der Waals surface area (Å²) < 4.78 is 5.50. The van der Waals surface area contributed by atoms with E-state index < -0.39 is 0 Å². The van der Waals surface area contributed by atoms with Crippen LogP contribution in [0.3, 0.4) is 0 Å². The van der Waals surface area contributed by atoms with Crippen LogP contribution in [-0.2, 0) is 9.53 Å². The second-order valence-corrected chi connectivity index (χ2v) is 9.78. The summed E-state index contributed by atoms with van der Waals surface area (Å²) in [6, 6.07) is 8.71. The molecule has 4 aliphatic heterocycles. The predicted octanol–water partition coefficient (Wildman–Crippen LogP) is 1.01. The SMILES string of the molecule is COC1CCN(c2ccc(NC3NC(N4CCCCCC4)NC4CNNC(=O)C43)cc2)CC1. The van der Waals surface area contributed by atoms with Gasteiger partial charge in [0.05, 0.1) is 18.2 Å². The summed E-state index contributed by atoms with van der Waals surface area (Å²) in [6.07, 6.45) is 7.51. The lowest BCUT2D eigenvalue weighted by molar-refractivity contribution is -0.132. The van der Waals surface area contributed by atoms with Gasteiger partial charge in [0, 0.05) is 57.3 Å². The molecule has 1 aromatic rings. The van der Waals surface area contributed by atoms with Crippen LogP contribution >= 0.6 is 0 Å². The molecule has 4 unspecified atom stereocenters. The molecule has 182 valence electrons. The number of nitrogens with zero attached hydrogens (tertiary/aromatic N) is 2. The average Bonchev–Trinajstić information content (AvgIpc) is 3.14. The number of hydrogen-bond acceptors (Lipinski definition) is 8. The number of nitrogens with one attached hydrogen (secondary N) is 5. The van der Waals surface area contributed by atoms with Crippen molar-refractivity contribution in [2.24, 2.45) is 5.92 Å². The summed E-state index contributed by atoms with van der Waals surface area (Å²) in [6.45, 7) is 4.94. The maximum Gasteiger partial charge on any atom is 0.242 e. The monoisotopic (exact) mass is 457 g/mol. The van der Waals surface area contributed by atoms with Gasteiger partial charge in [0.25, 0.3) is 0 Å². The Morgan fingerprint density at radius 2 is 1.70 bits per heavy atom. The highest BCUT2D eigenvalue weighted by molar-refractivity contribution is 5.81. The van der Waals surface area contributed by atoms with Crippen LogP contribution < -0.4 is 31.7 Å². The van der Waals surface area contributed by atoms with Gasteiger partial charge in [-0.3, -0.25) is 25.8 Å². The molecule has 0 bridgehead atoms. The number of hydrazine groups is 1. The van der Waals surface area contributed by atoms with Crippen molar-refractivity contribution in [3.8, 4) is 0 Å². The second-order valence-electron chi connectivity index (χ2n) is 9.78. The van der Waals surface area contributed by atoms with E-state index in [0.29, 0.717) is 6.10 Å². The third-order valence-corrected chi connectivity index (χ3v) is 7.67. The van der Waals surface area contributed by atoms with E-state index in [9.17, 15) is 4.79 Å². The summed E-state index contributed by atoms with van der Waals surface area (Å²) in [7, 11) is 1.81. The number of rotatable bonds is 5. The number of likely N-dealkylation sites (tertiary alicyclic amines) is 1. The molecule has 33 heavy (non-hydrogen) atoms. The third kappa shape index (κ3) is 5.27. The lowest BCUT2D eigenvalue weighted by Crippen LogP contribution is -2.76. The van der Waals surface area contributed by atoms with Crippen molar-refractivity contribution in [1.29, 1.82) is 0 Å². The van der Waals surface area contributed by atoms with E-state index in [-0.39, 0.29) is 30.3 Å². The van der Waals surface area contributed by atoms with Crippen molar-refractivity contribution >= 4 is 17.3 Å². The molecular formula is C24H39N7O2. The Labute approximate surface area is 196 Å². The highest BCUT2D eigenvalue weighted by atomic mass is 16.5. The van der Waals surface area contributed by atoms with Gasteiger partial charge >= 0.3 is 0 Å².